The molecule has 3 heterocycles. The van der Waals surface area contributed by atoms with Crippen LogP contribution in [-0.2, 0) is 29.1 Å². The van der Waals surface area contributed by atoms with Crippen LogP contribution in [0.5, 0.6) is 11.6 Å². The maximum absolute atomic E-state index is 14.9. The van der Waals surface area contributed by atoms with E-state index < -0.39 is 73.8 Å². The molecular weight excluding hydrogens is 755 g/mol. The van der Waals surface area contributed by atoms with Gasteiger partial charge in [-0.3, -0.25) is 19.1 Å². The number of amides is 4. The first-order chi connectivity index (χ1) is 26.6. The molecule has 0 radical (unpaired) electrons. The minimum absolute atomic E-state index is 0.00897. The zero-order chi connectivity index (χ0) is 41.7. The average molecular weight is 812 g/mol. The third kappa shape index (κ3) is 9.07. The van der Waals surface area contributed by atoms with Crippen molar-refractivity contribution < 1.29 is 41.8 Å². The molecule has 16 nitrogen and oxygen atoms in total. The standard InChI is InChI=1S/C40H57N7O9S/c1-23-12-10-11-13-25-21-40(25,35(50)45-57(52,53)39(6)16-17-39)44-32(48)30-20-27(22-47(30)34(49)31(24(2)18-23)42-37(51)56-38(3,4)5)55-33-28-15-14-26(54-9)19-29(28)41-36(43-33)46(7)8/h11,13-15,19,23-25,27,30-31H,10,12,16-18,20-22H2,1-9H3,(H,42,51)(H,44,48)(H,45,50). The van der Waals surface area contributed by atoms with Gasteiger partial charge in [-0.25, -0.2) is 18.2 Å². The topological polar surface area (TPSA) is 198 Å². The van der Waals surface area contributed by atoms with Gasteiger partial charge in [-0.1, -0.05) is 26.0 Å². The number of ether oxygens (including phenoxy) is 3. The fourth-order valence-electron chi connectivity index (χ4n) is 7.67. The number of nitrogens with one attached hydrogen (secondary N) is 3. The Hall–Kier alpha value is -4.67. The van der Waals surface area contributed by atoms with Gasteiger partial charge in [0.1, 0.15) is 35.1 Å². The molecule has 17 heteroatoms. The number of sulfonamides is 1. The Morgan fingerprint density at radius 2 is 1.81 bits per heavy atom. The molecule has 6 rings (SSSR count). The quantitative estimate of drug-likeness (QED) is 0.326. The van der Waals surface area contributed by atoms with Crippen LogP contribution in [0.3, 0.4) is 0 Å². The second-order valence-corrected chi connectivity index (χ2v) is 19.9. The molecule has 0 bridgehead atoms. The van der Waals surface area contributed by atoms with Gasteiger partial charge in [0.15, 0.2) is 0 Å². The number of hydrogen-bond acceptors (Lipinski definition) is 12. The molecule has 0 spiro atoms. The summed E-state index contributed by atoms with van der Waals surface area (Å²) in [6, 6.07) is 3.07. The number of rotatable bonds is 8. The fraction of sp³-hybridized carbons (Fsp3) is 0.650. The Morgan fingerprint density at radius 1 is 1.09 bits per heavy atom. The number of alkyl carbamates (subject to hydrolysis) is 1. The first-order valence-corrected chi connectivity index (χ1v) is 21.2. The van der Waals surface area contributed by atoms with E-state index in [9.17, 15) is 27.6 Å². The highest BCUT2D eigenvalue weighted by molar-refractivity contribution is 7.91. The molecule has 3 N–H and O–H groups in total. The molecule has 2 aliphatic carbocycles. The van der Waals surface area contributed by atoms with Crippen molar-refractivity contribution in [2.75, 3.05) is 32.6 Å². The number of hydrogen-bond donors (Lipinski definition) is 3. The summed E-state index contributed by atoms with van der Waals surface area (Å²) in [5.74, 6) is -1.46. The van der Waals surface area contributed by atoms with Crippen LogP contribution in [0.4, 0.5) is 10.7 Å². The van der Waals surface area contributed by atoms with E-state index in [-0.39, 0.29) is 37.1 Å². The van der Waals surface area contributed by atoms with Crippen molar-refractivity contribution >= 4 is 50.7 Å². The summed E-state index contributed by atoms with van der Waals surface area (Å²) in [6.45, 7) is 10.7. The Morgan fingerprint density at radius 3 is 2.46 bits per heavy atom. The summed E-state index contributed by atoms with van der Waals surface area (Å²) in [4.78, 5) is 69.1. The number of carbonyl (C=O) groups is 4. The lowest BCUT2D eigenvalue weighted by Crippen LogP contribution is -2.59. The molecule has 4 aliphatic rings. The van der Waals surface area contributed by atoms with Gasteiger partial charge in [0.25, 0.3) is 5.91 Å². The van der Waals surface area contributed by atoms with Crippen molar-refractivity contribution in [3.05, 3.63) is 30.4 Å². The third-order valence-corrected chi connectivity index (χ3v) is 13.6. The molecule has 1 aromatic carbocycles. The molecule has 7 atom stereocenters. The molecule has 1 aromatic heterocycles. The van der Waals surface area contributed by atoms with E-state index in [0.29, 0.717) is 48.3 Å². The Balaban J connectivity index is 1.37. The Bertz CT molecular complexity index is 2050. The van der Waals surface area contributed by atoms with E-state index in [1.807, 2.05) is 19.1 Å². The Kier molecular flexibility index (Phi) is 11.5. The summed E-state index contributed by atoms with van der Waals surface area (Å²) >= 11 is 0. The molecule has 2 aromatic rings. The zero-order valence-corrected chi connectivity index (χ0v) is 35.2. The van der Waals surface area contributed by atoms with E-state index in [1.54, 1.807) is 72.0 Å². The largest absolute Gasteiger partial charge is 0.497 e. The lowest BCUT2D eigenvalue weighted by atomic mass is 9.88. The Labute approximate surface area is 334 Å². The third-order valence-electron chi connectivity index (χ3n) is 11.5. The second kappa shape index (κ2) is 15.6. The van der Waals surface area contributed by atoms with Crippen molar-refractivity contribution in [3.8, 4) is 11.6 Å². The van der Waals surface area contributed by atoms with Crippen LogP contribution >= 0.6 is 0 Å². The molecule has 3 fully saturated rings. The smallest absolute Gasteiger partial charge is 0.408 e. The average Bonchev–Trinajstić information content (AvgIpc) is 4.00. The van der Waals surface area contributed by atoms with Crippen molar-refractivity contribution in [1.82, 2.24) is 30.2 Å². The van der Waals surface area contributed by atoms with E-state index in [1.165, 1.54) is 4.90 Å². The van der Waals surface area contributed by atoms with Crippen molar-refractivity contribution in [2.45, 2.75) is 121 Å². The minimum atomic E-state index is -4.01. The number of carbonyl (C=O) groups excluding carboxylic acids is 4. The van der Waals surface area contributed by atoms with Crippen LogP contribution in [-0.4, -0.2) is 109 Å². The van der Waals surface area contributed by atoms with E-state index in [0.717, 1.165) is 6.42 Å². The van der Waals surface area contributed by atoms with Crippen molar-refractivity contribution in [2.24, 2.45) is 17.8 Å². The molecule has 312 valence electrons. The monoisotopic (exact) mass is 811 g/mol. The summed E-state index contributed by atoms with van der Waals surface area (Å²) in [7, 11) is 1.13. The summed E-state index contributed by atoms with van der Waals surface area (Å²) < 4.78 is 45.3. The second-order valence-electron chi connectivity index (χ2n) is 17.7. The number of nitrogens with zero attached hydrogens (tertiary/aromatic N) is 4. The van der Waals surface area contributed by atoms with Crippen LogP contribution in [0.25, 0.3) is 10.9 Å². The van der Waals surface area contributed by atoms with Crippen LogP contribution < -0.4 is 29.7 Å². The van der Waals surface area contributed by atoms with Gasteiger partial charge in [0.2, 0.25) is 33.7 Å². The van der Waals surface area contributed by atoms with Crippen LogP contribution in [0.1, 0.15) is 86.5 Å². The van der Waals surface area contributed by atoms with Gasteiger partial charge in [0, 0.05) is 32.5 Å². The number of aromatic nitrogens is 2. The van der Waals surface area contributed by atoms with Crippen molar-refractivity contribution in [1.29, 1.82) is 0 Å². The number of methoxy groups -OCH3 is 1. The van der Waals surface area contributed by atoms with E-state index in [4.69, 9.17) is 14.2 Å². The molecule has 2 aliphatic heterocycles. The van der Waals surface area contributed by atoms with Gasteiger partial charge < -0.3 is 34.6 Å². The van der Waals surface area contributed by atoms with Gasteiger partial charge in [-0.05, 0) is 90.2 Å². The van der Waals surface area contributed by atoms with E-state index >= 15 is 0 Å². The number of allylic oxidation sites excluding steroid dienone is 1. The number of anilines is 1. The highest BCUT2D eigenvalue weighted by Gasteiger charge is 2.63. The minimum Gasteiger partial charge on any atom is -0.497 e. The summed E-state index contributed by atoms with van der Waals surface area (Å²) in [5.41, 5.74) is -1.82. The number of fused-ring (bicyclic) bond motifs is 3. The SMILES string of the molecule is COc1ccc2c(OC3CC4C(=O)NC5(C(=O)NS(=O)(=O)C6(C)CC6)CC5C=CCCC(C)CC(C)C(NC(=O)OC(C)(C)C)C(=O)N4C3)nc(N(C)C)nc2c1. The fourth-order valence-corrected chi connectivity index (χ4v) is 8.99. The van der Waals surface area contributed by atoms with Crippen LogP contribution in [0.15, 0.2) is 30.4 Å². The summed E-state index contributed by atoms with van der Waals surface area (Å²) in [5, 5.41) is 6.31. The first kappa shape index (κ1) is 41.9. The lowest BCUT2D eigenvalue weighted by molar-refractivity contribution is -0.142. The molecule has 1 saturated heterocycles. The molecule has 7 unspecified atom stereocenters. The predicted molar refractivity (Wildman–Crippen MR) is 213 cm³/mol. The first-order valence-electron chi connectivity index (χ1n) is 19.7. The van der Waals surface area contributed by atoms with E-state index in [2.05, 4.69) is 32.2 Å². The van der Waals surface area contributed by atoms with Crippen LogP contribution in [0, 0.1) is 17.8 Å². The van der Waals surface area contributed by atoms with Gasteiger partial charge in [-0.15, -0.1) is 0 Å². The number of benzene rings is 1. The predicted octanol–water partition coefficient (Wildman–Crippen LogP) is 3.83. The van der Waals surface area contributed by atoms with Gasteiger partial charge >= 0.3 is 6.09 Å². The molecule has 2 saturated carbocycles. The van der Waals surface area contributed by atoms with Gasteiger partial charge in [-0.2, -0.15) is 4.98 Å². The zero-order valence-electron chi connectivity index (χ0n) is 34.4. The summed E-state index contributed by atoms with van der Waals surface area (Å²) in [6.07, 6.45) is 5.37. The molecular formula is C40H57N7O9S. The maximum atomic E-state index is 14.9. The van der Waals surface area contributed by atoms with Crippen molar-refractivity contribution in [3.63, 3.8) is 0 Å². The molecule has 4 amide bonds. The highest BCUT2D eigenvalue weighted by atomic mass is 32.2. The molecule has 57 heavy (non-hydrogen) atoms. The maximum Gasteiger partial charge on any atom is 0.408 e. The highest BCUT2D eigenvalue weighted by Crippen LogP contribution is 2.47. The lowest BCUT2D eigenvalue weighted by Gasteiger charge is -2.33. The van der Waals surface area contributed by atoms with Crippen LogP contribution in [0.2, 0.25) is 0 Å². The van der Waals surface area contributed by atoms with Gasteiger partial charge in [0.05, 0.1) is 29.3 Å². The normalized spacial score (nSPS) is 28.8.